The molecule has 4 nitrogen and oxygen atoms in total. The van der Waals surface area contributed by atoms with E-state index in [1.807, 2.05) is 0 Å². The van der Waals surface area contributed by atoms with E-state index in [2.05, 4.69) is 36.1 Å². The molecule has 1 aromatic rings. The second-order valence-corrected chi connectivity index (χ2v) is 7.47. The highest BCUT2D eigenvalue weighted by molar-refractivity contribution is 5.31. The summed E-state index contributed by atoms with van der Waals surface area (Å²) in [7, 11) is 0. The van der Waals surface area contributed by atoms with Gasteiger partial charge in [-0.2, -0.15) is 0 Å². The van der Waals surface area contributed by atoms with Gasteiger partial charge in [0.05, 0.1) is 18.8 Å². The lowest BCUT2D eigenvalue weighted by Gasteiger charge is -2.33. The molecule has 3 rings (SSSR count). The third-order valence-corrected chi connectivity index (χ3v) is 5.54. The van der Waals surface area contributed by atoms with Crippen molar-refractivity contribution in [2.24, 2.45) is 5.92 Å². The zero-order valence-electron chi connectivity index (χ0n) is 15.5. The van der Waals surface area contributed by atoms with E-state index in [9.17, 15) is 5.11 Å². The molecule has 1 N–H and O–H groups in total. The lowest BCUT2D eigenvalue weighted by Crippen LogP contribution is -2.41. The van der Waals surface area contributed by atoms with Crippen LogP contribution in [0.4, 0.5) is 0 Å². The molecule has 25 heavy (non-hydrogen) atoms. The van der Waals surface area contributed by atoms with Crippen LogP contribution in [0.3, 0.4) is 0 Å². The molecule has 0 saturated carbocycles. The van der Waals surface area contributed by atoms with E-state index in [4.69, 9.17) is 9.47 Å². The fourth-order valence-electron chi connectivity index (χ4n) is 4.08. The van der Waals surface area contributed by atoms with Gasteiger partial charge < -0.3 is 19.5 Å². The van der Waals surface area contributed by atoms with E-state index in [-0.39, 0.29) is 6.10 Å². The molecule has 4 heteroatoms. The molecule has 1 aliphatic heterocycles. The maximum atomic E-state index is 10.4. The zero-order chi connectivity index (χ0) is 17.5. The number of piperidine rings is 1. The number of likely N-dealkylation sites (tertiary alicyclic amines) is 1. The van der Waals surface area contributed by atoms with Gasteiger partial charge >= 0.3 is 0 Å². The minimum atomic E-state index is -0.405. The number of hydrogen-bond acceptors (Lipinski definition) is 4. The Morgan fingerprint density at radius 2 is 2.00 bits per heavy atom. The molecule has 2 atom stereocenters. The normalized spacial score (nSPS) is 23.4. The predicted molar refractivity (Wildman–Crippen MR) is 99.7 cm³/mol. The monoisotopic (exact) mass is 347 g/mol. The van der Waals surface area contributed by atoms with Crippen LogP contribution in [0.2, 0.25) is 0 Å². The Morgan fingerprint density at radius 1 is 1.20 bits per heavy atom. The van der Waals surface area contributed by atoms with Crippen molar-refractivity contribution in [3.05, 3.63) is 35.4 Å². The van der Waals surface area contributed by atoms with Crippen LogP contribution in [0.5, 0.6) is 0 Å². The van der Waals surface area contributed by atoms with Gasteiger partial charge in [-0.25, -0.2) is 0 Å². The van der Waals surface area contributed by atoms with Crippen molar-refractivity contribution >= 4 is 0 Å². The zero-order valence-corrected chi connectivity index (χ0v) is 15.5. The lowest BCUT2D eigenvalue weighted by molar-refractivity contribution is -0.0324. The average Bonchev–Trinajstić information content (AvgIpc) is 2.66. The second-order valence-electron chi connectivity index (χ2n) is 7.47. The minimum Gasteiger partial charge on any atom is -0.389 e. The van der Waals surface area contributed by atoms with Gasteiger partial charge in [-0.1, -0.05) is 24.3 Å². The molecule has 2 aliphatic rings. The number of aryl methyl sites for hydroxylation is 1. The van der Waals surface area contributed by atoms with Gasteiger partial charge in [0.25, 0.3) is 0 Å². The van der Waals surface area contributed by atoms with Crippen LogP contribution < -0.4 is 0 Å². The van der Waals surface area contributed by atoms with Crippen LogP contribution >= 0.6 is 0 Å². The van der Waals surface area contributed by atoms with Gasteiger partial charge in [0.15, 0.2) is 0 Å². The first-order valence-corrected chi connectivity index (χ1v) is 9.93. The summed E-state index contributed by atoms with van der Waals surface area (Å²) in [5.74, 6) is 0.684. The van der Waals surface area contributed by atoms with Crippen LogP contribution in [0, 0.1) is 5.92 Å². The first-order valence-electron chi connectivity index (χ1n) is 9.93. The third kappa shape index (κ3) is 5.52. The Balaban J connectivity index is 1.39. The summed E-state index contributed by atoms with van der Waals surface area (Å²) in [5, 5.41) is 10.4. The molecule has 1 aromatic carbocycles. The molecule has 0 amide bonds. The van der Waals surface area contributed by atoms with E-state index in [1.54, 1.807) is 0 Å². The van der Waals surface area contributed by atoms with Crippen molar-refractivity contribution in [3.63, 3.8) is 0 Å². The minimum absolute atomic E-state index is 0.150. The Kier molecular flexibility index (Phi) is 7.29. The largest absolute Gasteiger partial charge is 0.389 e. The highest BCUT2D eigenvalue weighted by Gasteiger charge is 2.24. The molecule has 1 fully saturated rings. The van der Waals surface area contributed by atoms with Crippen molar-refractivity contribution in [2.75, 3.05) is 39.5 Å². The average molecular weight is 347 g/mol. The van der Waals surface area contributed by atoms with Crippen molar-refractivity contribution < 1.29 is 14.6 Å². The number of hydrogen-bond donors (Lipinski definition) is 1. The van der Waals surface area contributed by atoms with Crippen LogP contribution in [0.25, 0.3) is 0 Å². The second kappa shape index (κ2) is 9.67. The molecule has 2 unspecified atom stereocenters. The molecule has 1 heterocycles. The Morgan fingerprint density at radius 3 is 2.80 bits per heavy atom. The lowest BCUT2D eigenvalue weighted by atomic mass is 9.89. The highest BCUT2D eigenvalue weighted by Crippen LogP contribution is 2.32. The Bertz CT molecular complexity index is 514. The maximum absolute atomic E-state index is 10.4. The summed E-state index contributed by atoms with van der Waals surface area (Å²) in [6, 6.07) is 8.57. The number of aliphatic hydroxyl groups excluding tert-OH is 1. The fraction of sp³-hybridized carbons (Fsp3) is 0.714. The van der Waals surface area contributed by atoms with Crippen molar-refractivity contribution in [1.29, 1.82) is 0 Å². The number of β-amino-alcohol motifs (C(OH)–C–C–N with tert-alkyl or cyclic N) is 1. The summed E-state index contributed by atoms with van der Waals surface area (Å²) < 4.78 is 11.6. The first-order chi connectivity index (χ1) is 12.3. The summed E-state index contributed by atoms with van der Waals surface area (Å²) in [5.41, 5.74) is 2.72. The van der Waals surface area contributed by atoms with Crippen LogP contribution in [0.1, 0.15) is 49.8 Å². The SMILES string of the molecule is CCOCC1CCN(CC(O)COC2CCCc3ccccc32)CC1. The number of fused-ring (bicyclic) bond motifs is 1. The number of ether oxygens (including phenoxy) is 2. The topological polar surface area (TPSA) is 41.9 Å². The number of rotatable bonds is 8. The van der Waals surface area contributed by atoms with Gasteiger partial charge in [-0.15, -0.1) is 0 Å². The first kappa shape index (κ1) is 18.8. The van der Waals surface area contributed by atoms with E-state index in [1.165, 1.54) is 30.4 Å². The van der Waals surface area contributed by atoms with E-state index in [0.717, 1.165) is 45.7 Å². The molecular weight excluding hydrogens is 314 g/mol. The van der Waals surface area contributed by atoms with E-state index < -0.39 is 6.10 Å². The maximum Gasteiger partial charge on any atom is 0.0900 e. The molecule has 140 valence electrons. The van der Waals surface area contributed by atoms with Crippen molar-refractivity contribution in [1.82, 2.24) is 4.90 Å². The third-order valence-electron chi connectivity index (χ3n) is 5.54. The highest BCUT2D eigenvalue weighted by atomic mass is 16.5. The van der Waals surface area contributed by atoms with Gasteiger partial charge in [-0.3, -0.25) is 0 Å². The summed E-state index contributed by atoms with van der Waals surface area (Å²) in [6.45, 7) is 7.00. The molecule has 1 saturated heterocycles. The molecule has 0 radical (unpaired) electrons. The van der Waals surface area contributed by atoms with E-state index in [0.29, 0.717) is 12.5 Å². The Hall–Kier alpha value is -0.940. The van der Waals surface area contributed by atoms with Crippen molar-refractivity contribution in [3.8, 4) is 0 Å². The van der Waals surface area contributed by atoms with E-state index >= 15 is 0 Å². The van der Waals surface area contributed by atoms with Gasteiger partial charge in [0.1, 0.15) is 0 Å². The van der Waals surface area contributed by atoms with Gasteiger partial charge in [0.2, 0.25) is 0 Å². The molecule has 0 spiro atoms. The van der Waals surface area contributed by atoms with Crippen LogP contribution in [-0.2, 0) is 15.9 Å². The standard InChI is InChI=1S/C21H33NO3/c1-2-24-15-17-10-12-22(13-11-17)14-19(23)16-25-21-9-5-7-18-6-3-4-8-20(18)21/h3-4,6,8,17,19,21,23H,2,5,7,9-16H2,1H3. The summed E-state index contributed by atoms with van der Waals surface area (Å²) >= 11 is 0. The molecule has 0 bridgehead atoms. The molecule has 1 aliphatic carbocycles. The molecule has 0 aromatic heterocycles. The number of nitrogens with zero attached hydrogens (tertiary/aromatic N) is 1. The smallest absolute Gasteiger partial charge is 0.0900 e. The quantitative estimate of drug-likeness (QED) is 0.784. The molecular formula is C21H33NO3. The van der Waals surface area contributed by atoms with Crippen LogP contribution in [-0.4, -0.2) is 55.6 Å². The number of benzene rings is 1. The predicted octanol–water partition coefficient (Wildman–Crippen LogP) is 3.19. The van der Waals surface area contributed by atoms with Gasteiger partial charge in [0, 0.05) is 19.8 Å². The number of aliphatic hydroxyl groups is 1. The fourth-order valence-corrected chi connectivity index (χ4v) is 4.08. The van der Waals surface area contributed by atoms with Crippen molar-refractivity contribution in [2.45, 2.75) is 51.2 Å². The summed E-state index contributed by atoms with van der Waals surface area (Å²) in [6.07, 6.45) is 5.47. The van der Waals surface area contributed by atoms with Crippen LogP contribution in [0.15, 0.2) is 24.3 Å². The Labute approximate surface area is 152 Å². The summed E-state index contributed by atoms with van der Waals surface area (Å²) in [4.78, 5) is 2.37. The van der Waals surface area contributed by atoms with Gasteiger partial charge in [-0.05, 0) is 69.2 Å².